The van der Waals surface area contributed by atoms with E-state index in [9.17, 15) is 18.0 Å². The van der Waals surface area contributed by atoms with Gasteiger partial charge in [0.15, 0.2) is 0 Å². The molecule has 3 nitrogen and oxygen atoms in total. The third-order valence-corrected chi connectivity index (χ3v) is 4.46. The van der Waals surface area contributed by atoms with Crippen molar-refractivity contribution in [1.82, 2.24) is 10.2 Å². The SMILES string of the molecule is CCC1(C(=O)NCCC(F)(F)F)CCN(C(C)S)CC1. The van der Waals surface area contributed by atoms with Crippen LogP contribution >= 0.6 is 12.6 Å². The van der Waals surface area contributed by atoms with E-state index in [0.29, 0.717) is 19.3 Å². The zero-order valence-electron chi connectivity index (χ0n) is 12.0. The molecule has 118 valence electrons. The Kier molecular flexibility index (Phi) is 6.19. The van der Waals surface area contributed by atoms with Crippen LogP contribution in [0.1, 0.15) is 39.5 Å². The summed E-state index contributed by atoms with van der Waals surface area (Å²) in [4.78, 5) is 14.4. The van der Waals surface area contributed by atoms with Crippen molar-refractivity contribution < 1.29 is 18.0 Å². The van der Waals surface area contributed by atoms with E-state index in [2.05, 4.69) is 22.8 Å². The molecule has 0 spiro atoms. The minimum atomic E-state index is -4.22. The molecule has 1 aliphatic rings. The maximum absolute atomic E-state index is 12.2. The monoisotopic (exact) mass is 312 g/mol. The Hall–Kier alpha value is -0.430. The van der Waals surface area contributed by atoms with E-state index in [1.54, 1.807) is 0 Å². The van der Waals surface area contributed by atoms with E-state index >= 15 is 0 Å². The van der Waals surface area contributed by atoms with Crippen LogP contribution in [-0.2, 0) is 4.79 Å². The minimum Gasteiger partial charge on any atom is -0.355 e. The fourth-order valence-electron chi connectivity index (χ4n) is 2.57. The average molecular weight is 312 g/mol. The van der Waals surface area contributed by atoms with E-state index in [0.717, 1.165) is 13.1 Å². The van der Waals surface area contributed by atoms with Gasteiger partial charge in [0.1, 0.15) is 0 Å². The number of rotatable bonds is 5. The van der Waals surface area contributed by atoms with Crippen molar-refractivity contribution in [2.75, 3.05) is 19.6 Å². The molecule has 1 heterocycles. The second kappa shape index (κ2) is 7.02. The first-order valence-electron chi connectivity index (χ1n) is 6.97. The summed E-state index contributed by atoms with van der Waals surface area (Å²) in [6, 6.07) is 0. The van der Waals surface area contributed by atoms with Gasteiger partial charge < -0.3 is 5.32 Å². The van der Waals surface area contributed by atoms with Gasteiger partial charge in [-0.3, -0.25) is 9.69 Å². The average Bonchev–Trinajstić information content (AvgIpc) is 2.37. The fraction of sp³-hybridized carbons (Fsp3) is 0.923. The number of hydrogen-bond donors (Lipinski definition) is 2. The molecular formula is C13H23F3N2OS. The summed E-state index contributed by atoms with van der Waals surface area (Å²) in [5.74, 6) is -0.240. The number of carbonyl (C=O) groups is 1. The second-order valence-electron chi connectivity index (χ2n) is 5.42. The van der Waals surface area contributed by atoms with E-state index in [1.807, 2.05) is 13.8 Å². The summed E-state index contributed by atoms with van der Waals surface area (Å²) in [5.41, 5.74) is -0.523. The Balaban J connectivity index is 2.51. The largest absolute Gasteiger partial charge is 0.390 e. The fourth-order valence-corrected chi connectivity index (χ4v) is 2.80. The molecule has 0 aromatic rings. The predicted molar refractivity (Wildman–Crippen MR) is 75.7 cm³/mol. The standard InChI is InChI=1S/C13H23F3N2OS/c1-3-12(5-8-18(9-6-12)10(2)20)11(19)17-7-4-13(14,15)16/h10,20H,3-9H2,1-2H3,(H,17,19). The van der Waals surface area contributed by atoms with Crippen LogP contribution in [0.2, 0.25) is 0 Å². The van der Waals surface area contributed by atoms with Gasteiger partial charge in [-0.05, 0) is 26.2 Å². The molecule has 1 fully saturated rings. The van der Waals surface area contributed by atoms with Crippen molar-refractivity contribution in [3.63, 3.8) is 0 Å². The lowest BCUT2D eigenvalue weighted by Gasteiger charge is -2.41. The molecule has 1 N–H and O–H groups in total. The first kappa shape index (κ1) is 17.6. The summed E-state index contributed by atoms with van der Waals surface area (Å²) >= 11 is 4.37. The minimum absolute atomic E-state index is 0.137. The molecule has 1 saturated heterocycles. The number of thiol groups is 1. The smallest absolute Gasteiger partial charge is 0.355 e. The first-order valence-corrected chi connectivity index (χ1v) is 7.49. The van der Waals surface area contributed by atoms with E-state index < -0.39 is 18.0 Å². The molecule has 0 aliphatic carbocycles. The van der Waals surface area contributed by atoms with Crippen molar-refractivity contribution in [3.8, 4) is 0 Å². The zero-order chi connectivity index (χ0) is 15.4. The van der Waals surface area contributed by atoms with E-state index in [-0.39, 0.29) is 17.8 Å². The number of amides is 1. The van der Waals surface area contributed by atoms with Gasteiger partial charge in [0.2, 0.25) is 5.91 Å². The Morgan fingerprint density at radius 3 is 2.35 bits per heavy atom. The lowest BCUT2D eigenvalue weighted by molar-refractivity contribution is -0.140. The number of carbonyl (C=O) groups excluding carboxylic acids is 1. The van der Waals surface area contributed by atoms with Crippen LogP contribution < -0.4 is 5.32 Å². The zero-order valence-corrected chi connectivity index (χ0v) is 12.9. The Labute approximate surface area is 123 Å². The van der Waals surface area contributed by atoms with Crippen molar-refractivity contribution in [2.24, 2.45) is 5.41 Å². The Morgan fingerprint density at radius 1 is 1.40 bits per heavy atom. The van der Waals surface area contributed by atoms with Gasteiger partial charge in [0.25, 0.3) is 0 Å². The summed E-state index contributed by atoms with van der Waals surface area (Å²) in [7, 11) is 0. The molecular weight excluding hydrogens is 289 g/mol. The predicted octanol–water partition coefficient (Wildman–Crippen LogP) is 2.82. The maximum atomic E-state index is 12.2. The summed E-state index contributed by atoms with van der Waals surface area (Å²) in [6.07, 6.45) is -3.20. The van der Waals surface area contributed by atoms with E-state index in [1.165, 1.54) is 0 Å². The summed E-state index contributed by atoms with van der Waals surface area (Å²) in [6.45, 7) is 5.07. The number of likely N-dealkylation sites (tertiary alicyclic amines) is 1. The van der Waals surface area contributed by atoms with Crippen LogP contribution in [0.4, 0.5) is 13.2 Å². The van der Waals surface area contributed by atoms with Crippen molar-refractivity contribution >= 4 is 18.5 Å². The number of nitrogens with one attached hydrogen (secondary N) is 1. The number of nitrogens with zero attached hydrogens (tertiary/aromatic N) is 1. The molecule has 0 radical (unpaired) electrons. The molecule has 7 heteroatoms. The molecule has 1 rings (SSSR count). The van der Waals surface area contributed by atoms with Gasteiger partial charge in [-0.1, -0.05) is 6.92 Å². The van der Waals surface area contributed by atoms with Crippen LogP contribution in [0.15, 0.2) is 0 Å². The highest BCUT2D eigenvalue weighted by Gasteiger charge is 2.40. The topological polar surface area (TPSA) is 32.3 Å². The molecule has 1 amide bonds. The molecule has 1 aliphatic heterocycles. The molecule has 1 unspecified atom stereocenters. The third-order valence-electron chi connectivity index (χ3n) is 4.14. The molecule has 0 saturated carbocycles. The Bertz CT molecular complexity index is 326. The van der Waals surface area contributed by atoms with Gasteiger partial charge in [0.05, 0.1) is 11.8 Å². The van der Waals surface area contributed by atoms with Crippen LogP contribution in [-0.4, -0.2) is 42.0 Å². The van der Waals surface area contributed by atoms with E-state index in [4.69, 9.17) is 0 Å². The summed E-state index contributed by atoms with van der Waals surface area (Å²) in [5, 5.41) is 2.59. The first-order chi connectivity index (χ1) is 9.20. The van der Waals surface area contributed by atoms with Crippen molar-refractivity contribution in [3.05, 3.63) is 0 Å². The molecule has 20 heavy (non-hydrogen) atoms. The normalized spacial score (nSPS) is 21.5. The molecule has 0 bridgehead atoms. The van der Waals surface area contributed by atoms with Gasteiger partial charge in [-0.25, -0.2) is 0 Å². The second-order valence-corrected chi connectivity index (χ2v) is 6.17. The van der Waals surface area contributed by atoms with Crippen LogP contribution in [0.3, 0.4) is 0 Å². The van der Waals surface area contributed by atoms with Gasteiger partial charge >= 0.3 is 6.18 Å². The quantitative estimate of drug-likeness (QED) is 0.765. The molecule has 0 aromatic heterocycles. The number of hydrogen-bond acceptors (Lipinski definition) is 3. The van der Waals surface area contributed by atoms with Crippen LogP contribution in [0.25, 0.3) is 0 Å². The highest BCUT2D eigenvalue weighted by atomic mass is 32.1. The number of alkyl halides is 3. The van der Waals surface area contributed by atoms with Gasteiger partial charge in [-0.2, -0.15) is 25.8 Å². The number of halogens is 3. The highest BCUT2D eigenvalue weighted by molar-refractivity contribution is 7.80. The van der Waals surface area contributed by atoms with Crippen molar-refractivity contribution in [2.45, 2.75) is 51.1 Å². The lowest BCUT2D eigenvalue weighted by atomic mass is 9.75. The van der Waals surface area contributed by atoms with Crippen LogP contribution in [0, 0.1) is 5.41 Å². The Morgan fingerprint density at radius 2 is 1.95 bits per heavy atom. The van der Waals surface area contributed by atoms with Crippen LogP contribution in [0.5, 0.6) is 0 Å². The highest BCUT2D eigenvalue weighted by Crippen LogP contribution is 2.36. The maximum Gasteiger partial charge on any atom is 0.390 e. The number of piperidine rings is 1. The summed E-state index contributed by atoms with van der Waals surface area (Å²) < 4.78 is 36.3. The molecule has 1 atom stereocenters. The lowest BCUT2D eigenvalue weighted by Crippen LogP contribution is -2.50. The van der Waals surface area contributed by atoms with Gasteiger partial charge in [-0.15, -0.1) is 0 Å². The third kappa shape index (κ3) is 4.84. The van der Waals surface area contributed by atoms with Crippen molar-refractivity contribution in [1.29, 1.82) is 0 Å². The van der Waals surface area contributed by atoms with Gasteiger partial charge in [0, 0.05) is 25.0 Å². The molecule has 0 aromatic carbocycles.